The van der Waals surface area contributed by atoms with Gasteiger partial charge < -0.3 is 10.2 Å². The molecule has 0 radical (unpaired) electrons. The fourth-order valence-electron chi connectivity index (χ4n) is 2.00. The van der Waals surface area contributed by atoms with Gasteiger partial charge in [0.05, 0.1) is 6.07 Å². The summed E-state index contributed by atoms with van der Waals surface area (Å²) >= 11 is 0. The largest absolute Gasteiger partial charge is 0.312 e. The molecule has 86 valence electrons. The molecule has 0 aromatic rings. The second-order valence-electron chi connectivity index (χ2n) is 5.45. The Bertz CT molecular complexity index is 230. The Hall–Kier alpha value is -0.590. The molecule has 0 aromatic heterocycles. The van der Waals surface area contributed by atoms with Gasteiger partial charge in [0.2, 0.25) is 0 Å². The van der Waals surface area contributed by atoms with E-state index in [2.05, 4.69) is 37.2 Å². The van der Waals surface area contributed by atoms with Gasteiger partial charge in [-0.15, -0.1) is 0 Å². The van der Waals surface area contributed by atoms with Crippen LogP contribution in [-0.2, 0) is 0 Å². The molecule has 1 rings (SSSR count). The molecule has 1 N–H and O–H groups in total. The number of rotatable bonds is 5. The van der Waals surface area contributed by atoms with E-state index in [1.807, 2.05) is 0 Å². The summed E-state index contributed by atoms with van der Waals surface area (Å²) < 4.78 is 0. The van der Waals surface area contributed by atoms with Gasteiger partial charge in [-0.3, -0.25) is 0 Å². The number of nitrogens with zero attached hydrogens (tertiary/aromatic N) is 2. The van der Waals surface area contributed by atoms with E-state index in [4.69, 9.17) is 5.26 Å². The van der Waals surface area contributed by atoms with Crippen LogP contribution in [0.1, 0.15) is 33.1 Å². The topological polar surface area (TPSA) is 39.1 Å². The van der Waals surface area contributed by atoms with Gasteiger partial charge in [-0.2, -0.15) is 5.26 Å². The molecule has 3 heteroatoms. The molecule has 1 atom stereocenters. The van der Waals surface area contributed by atoms with Crippen LogP contribution in [0, 0.1) is 16.7 Å². The van der Waals surface area contributed by atoms with Crippen molar-refractivity contribution in [3.05, 3.63) is 0 Å². The summed E-state index contributed by atoms with van der Waals surface area (Å²) in [5.74, 6) is 0. The summed E-state index contributed by atoms with van der Waals surface area (Å²) in [5, 5.41) is 12.2. The van der Waals surface area contributed by atoms with E-state index in [-0.39, 0.29) is 5.41 Å². The Kier molecular flexibility index (Phi) is 4.56. The molecule has 1 unspecified atom stereocenters. The van der Waals surface area contributed by atoms with E-state index in [0.29, 0.717) is 12.5 Å². The second kappa shape index (κ2) is 5.48. The first-order chi connectivity index (χ1) is 7.03. The van der Waals surface area contributed by atoms with Gasteiger partial charge in [-0.1, -0.05) is 13.8 Å². The lowest BCUT2D eigenvalue weighted by atomic mass is 9.88. The van der Waals surface area contributed by atoms with Gasteiger partial charge in [-0.25, -0.2) is 0 Å². The number of likely N-dealkylation sites (N-methyl/N-ethyl adjacent to an activating group) is 1. The molecule has 0 spiro atoms. The SMILES string of the molecule is CN1CCC(NCC(C)(C)CCC#N)C1. The molecule has 3 nitrogen and oxygen atoms in total. The maximum Gasteiger partial charge on any atom is 0.0621 e. The van der Waals surface area contributed by atoms with Gasteiger partial charge in [0.25, 0.3) is 0 Å². The first-order valence-electron chi connectivity index (χ1n) is 5.82. The number of nitrogens with one attached hydrogen (secondary N) is 1. The van der Waals surface area contributed by atoms with Crippen molar-refractivity contribution >= 4 is 0 Å². The normalized spacial score (nSPS) is 22.9. The van der Waals surface area contributed by atoms with Crippen molar-refractivity contribution in [3.8, 4) is 6.07 Å². The molecule has 0 saturated carbocycles. The van der Waals surface area contributed by atoms with Gasteiger partial charge >= 0.3 is 0 Å². The third kappa shape index (κ3) is 4.63. The van der Waals surface area contributed by atoms with Gasteiger partial charge in [0.1, 0.15) is 0 Å². The average Bonchev–Trinajstić information content (AvgIpc) is 2.59. The molecular formula is C12H23N3. The zero-order valence-electron chi connectivity index (χ0n) is 10.2. The third-order valence-electron chi connectivity index (χ3n) is 3.17. The molecule has 1 aliphatic rings. The molecule has 15 heavy (non-hydrogen) atoms. The molecule has 1 aliphatic heterocycles. The van der Waals surface area contributed by atoms with Crippen LogP contribution in [0.3, 0.4) is 0 Å². The Morgan fingerprint density at radius 3 is 2.80 bits per heavy atom. The fraction of sp³-hybridized carbons (Fsp3) is 0.917. The minimum atomic E-state index is 0.247. The van der Waals surface area contributed by atoms with E-state index in [1.165, 1.54) is 13.0 Å². The molecule has 1 saturated heterocycles. The highest BCUT2D eigenvalue weighted by atomic mass is 15.2. The lowest BCUT2D eigenvalue weighted by molar-refractivity contribution is 0.297. The summed E-state index contributed by atoms with van der Waals surface area (Å²) in [6.07, 6.45) is 2.91. The zero-order chi connectivity index (χ0) is 11.3. The fourth-order valence-corrected chi connectivity index (χ4v) is 2.00. The van der Waals surface area contributed by atoms with Crippen LogP contribution >= 0.6 is 0 Å². The van der Waals surface area contributed by atoms with E-state index in [1.54, 1.807) is 0 Å². The summed E-state index contributed by atoms with van der Waals surface area (Å²) in [6.45, 7) is 7.85. The monoisotopic (exact) mass is 209 g/mol. The van der Waals surface area contributed by atoms with Gasteiger partial charge in [0.15, 0.2) is 0 Å². The van der Waals surface area contributed by atoms with E-state index < -0.39 is 0 Å². The molecule has 0 bridgehead atoms. The van der Waals surface area contributed by atoms with Crippen molar-refractivity contribution < 1.29 is 0 Å². The predicted octanol–water partition coefficient (Wildman–Crippen LogP) is 1.61. The highest BCUT2D eigenvalue weighted by Crippen LogP contribution is 2.21. The highest BCUT2D eigenvalue weighted by molar-refractivity contribution is 4.83. The molecule has 1 fully saturated rings. The summed E-state index contributed by atoms with van der Waals surface area (Å²) in [5.41, 5.74) is 0.247. The molecular weight excluding hydrogens is 186 g/mol. The van der Waals surface area contributed by atoms with Crippen LogP contribution in [0.15, 0.2) is 0 Å². The first-order valence-corrected chi connectivity index (χ1v) is 5.82. The first kappa shape index (κ1) is 12.5. The zero-order valence-corrected chi connectivity index (χ0v) is 10.2. The van der Waals surface area contributed by atoms with E-state index >= 15 is 0 Å². The maximum atomic E-state index is 8.57. The minimum Gasteiger partial charge on any atom is -0.312 e. The third-order valence-corrected chi connectivity index (χ3v) is 3.17. The van der Waals surface area contributed by atoms with Crippen LogP contribution in [-0.4, -0.2) is 37.6 Å². The number of hydrogen-bond acceptors (Lipinski definition) is 3. The van der Waals surface area contributed by atoms with E-state index in [0.717, 1.165) is 19.5 Å². The van der Waals surface area contributed by atoms with Crippen LogP contribution in [0.25, 0.3) is 0 Å². The minimum absolute atomic E-state index is 0.247. The molecule has 0 amide bonds. The van der Waals surface area contributed by atoms with Gasteiger partial charge in [-0.05, 0) is 31.8 Å². The van der Waals surface area contributed by atoms with Crippen LogP contribution in [0.5, 0.6) is 0 Å². The van der Waals surface area contributed by atoms with Crippen LogP contribution in [0.4, 0.5) is 0 Å². The van der Waals surface area contributed by atoms with Crippen molar-refractivity contribution in [1.82, 2.24) is 10.2 Å². The molecule has 0 aliphatic carbocycles. The van der Waals surface area contributed by atoms with Crippen molar-refractivity contribution in [2.45, 2.75) is 39.2 Å². The van der Waals surface area contributed by atoms with Crippen LogP contribution in [0.2, 0.25) is 0 Å². The average molecular weight is 209 g/mol. The second-order valence-corrected chi connectivity index (χ2v) is 5.45. The Balaban J connectivity index is 2.21. The number of nitriles is 1. The Labute approximate surface area is 93.5 Å². The molecule has 1 heterocycles. The maximum absolute atomic E-state index is 8.57. The van der Waals surface area contributed by atoms with Crippen molar-refractivity contribution in [3.63, 3.8) is 0 Å². The highest BCUT2D eigenvalue weighted by Gasteiger charge is 2.23. The van der Waals surface area contributed by atoms with E-state index in [9.17, 15) is 0 Å². The smallest absolute Gasteiger partial charge is 0.0621 e. The number of hydrogen-bond donors (Lipinski definition) is 1. The number of likely N-dealkylation sites (tertiary alicyclic amines) is 1. The lowest BCUT2D eigenvalue weighted by Gasteiger charge is -2.26. The Morgan fingerprint density at radius 2 is 2.27 bits per heavy atom. The van der Waals surface area contributed by atoms with Gasteiger partial charge in [0, 0.05) is 25.6 Å². The van der Waals surface area contributed by atoms with Crippen molar-refractivity contribution in [2.75, 3.05) is 26.7 Å². The quantitative estimate of drug-likeness (QED) is 0.747. The predicted molar refractivity (Wildman–Crippen MR) is 62.5 cm³/mol. The standard InChI is InChI=1S/C12H23N3/c1-12(2,6-4-7-13)10-14-11-5-8-15(3)9-11/h11,14H,4-6,8-10H2,1-3H3. The lowest BCUT2D eigenvalue weighted by Crippen LogP contribution is -2.38. The Morgan fingerprint density at radius 1 is 1.53 bits per heavy atom. The molecule has 0 aromatic carbocycles. The van der Waals surface area contributed by atoms with Crippen LogP contribution < -0.4 is 5.32 Å². The summed E-state index contributed by atoms with van der Waals surface area (Å²) in [6, 6.07) is 2.87. The van der Waals surface area contributed by atoms with Crippen molar-refractivity contribution in [2.24, 2.45) is 5.41 Å². The summed E-state index contributed by atoms with van der Waals surface area (Å²) in [4.78, 5) is 2.36. The van der Waals surface area contributed by atoms with Crippen molar-refractivity contribution in [1.29, 1.82) is 5.26 Å². The summed E-state index contributed by atoms with van der Waals surface area (Å²) in [7, 11) is 2.17.